The highest BCUT2D eigenvalue weighted by Crippen LogP contribution is 2.30. The van der Waals surface area contributed by atoms with Gasteiger partial charge < -0.3 is 10.1 Å². The molecule has 3 N–H and O–H groups in total. The Kier molecular flexibility index (Phi) is 6.60. The van der Waals surface area contributed by atoms with Crippen LogP contribution >= 0.6 is 0 Å². The summed E-state index contributed by atoms with van der Waals surface area (Å²) in [6.45, 7) is 0. The molecular weight excluding hydrogens is 456 g/mol. The number of fused-ring (bicyclic) bond motifs is 1. The van der Waals surface area contributed by atoms with Crippen LogP contribution in [0.3, 0.4) is 0 Å². The Bertz CT molecular complexity index is 1450. The zero-order valence-electron chi connectivity index (χ0n) is 18.2. The second-order valence-electron chi connectivity index (χ2n) is 7.46. The van der Waals surface area contributed by atoms with Crippen molar-refractivity contribution < 1.29 is 22.7 Å². The van der Waals surface area contributed by atoms with Gasteiger partial charge in [-0.25, -0.2) is 8.42 Å². The van der Waals surface area contributed by atoms with Crippen LogP contribution in [0.15, 0.2) is 77.7 Å². The van der Waals surface area contributed by atoms with Crippen molar-refractivity contribution in [3.63, 3.8) is 0 Å². The lowest BCUT2D eigenvalue weighted by molar-refractivity contribution is -0.141. The number of aromatic nitrogens is 2. The van der Waals surface area contributed by atoms with Crippen LogP contribution in [0.4, 0.5) is 11.4 Å². The number of carbonyl (C=O) groups is 2. The van der Waals surface area contributed by atoms with Crippen LogP contribution in [-0.2, 0) is 24.3 Å². The molecule has 9 nitrogen and oxygen atoms in total. The number of benzene rings is 3. The summed E-state index contributed by atoms with van der Waals surface area (Å²) in [6, 6.07) is 20.3. The quantitative estimate of drug-likeness (QED) is 0.329. The number of nitrogens with zero attached hydrogens (tertiary/aromatic N) is 1. The van der Waals surface area contributed by atoms with Crippen LogP contribution in [0.2, 0.25) is 0 Å². The fourth-order valence-electron chi connectivity index (χ4n) is 3.40. The minimum Gasteiger partial charge on any atom is -0.469 e. The lowest BCUT2D eigenvalue weighted by atomic mass is 10.1. The number of rotatable bonds is 8. The third-order valence-electron chi connectivity index (χ3n) is 5.07. The largest absolute Gasteiger partial charge is 0.469 e. The molecule has 0 saturated heterocycles. The minimum absolute atomic E-state index is 0.00626. The summed E-state index contributed by atoms with van der Waals surface area (Å²) >= 11 is 0. The Morgan fingerprint density at radius 2 is 1.74 bits per heavy atom. The fraction of sp³-hybridized carbons (Fsp3) is 0.125. The number of methoxy groups -OCH3 is 1. The van der Waals surface area contributed by atoms with Crippen LogP contribution in [0, 0.1) is 0 Å². The Labute approximate surface area is 196 Å². The summed E-state index contributed by atoms with van der Waals surface area (Å²) in [4.78, 5) is 23.5. The zero-order valence-corrected chi connectivity index (χ0v) is 19.1. The van der Waals surface area contributed by atoms with Gasteiger partial charge in [-0.3, -0.25) is 19.4 Å². The van der Waals surface area contributed by atoms with E-state index in [1.54, 1.807) is 54.6 Å². The third-order valence-corrected chi connectivity index (χ3v) is 6.47. The van der Waals surface area contributed by atoms with Crippen molar-refractivity contribution in [1.29, 1.82) is 0 Å². The van der Waals surface area contributed by atoms with Crippen molar-refractivity contribution in [2.75, 3.05) is 17.1 Å². The van der Waals surface area contributed by atoms with Gasteiger partial charge in [0.05, 0.1) is 23.9 Å². The number of anilines is 2. The maximum absolute atomic E-state index is 12.7. The number of esters is 1. The van der Waals surface area contributed by atoms with Gasteiger partial charge in [-0.1, -0.05) is 30.3 Å². The standard InChI is InChI=1S/C24H22N4O5S/c1-33-23(30)13-12-22(29)25-17-7-5-6-16(14-17)24-20-15-18(10-11-21(20)26-27-24)28-34(31,32)19-8-3-2-4-9-19/h2-11,14-15,28H,12-13H2,1H3,(H,25,29)(H,26,27). The van der Waals surface area contributed by atoms with Gasteiger partial charge in [-0.2, -0.15) is 5.10 Å². The maximum atomic E-state index is 12.7. The van der Waals surface area contributed by atoms with Crippen LogP contribution in [0.25, 0.3) is 22.2 Å². The molecule has 10 heteroatoms. The number of nitrogens with one attached hydrogen (secondary N) is 3. The molecule has 0 saturated carbocycles. The summed E-state index contributed by atoms with van der Waals surface area (Å²) < 4.78 is 32.5. The first kappa shape index (κ1) is 23.0. The molecule has 1 aromatic heterocycles. The molecular formula is C24H22N4O5S. The number of ether oxygens (including phenoxy) is 1. The number of H-pyrrole nitrogens is 1. The molecule has 1 heterocycles. The molecule has 0 atom stereocenters. The Morgan fingerprint density at radius 3 is 2.50 bits per heavy atom. The van der Waals surface area contributed by atoms with E-state index in [4.69, 9.17) is 0 Å². The first-order chi connectivity index (χ1) is 16.4. The van der Waals surface area contributed by atoms with E-state index in [9.17, 15) is 18.0 Å². The summed E-state index contributed by atoms with van der Waals surface area (Å²) in [5.74, 6) is -0.766. The minimum atomic E-state index is -3.74. The predicted molar refractivity (Wildman–Crippen MR) is 129 cm³/mol. The van der Waals surface area contributed by atoms with Crippen molar-refractivity contribution in [2.45, 2.75) is 17.7 Å². The molecule has 1 amide bonds. The molecule has 0 unspecified atom stereocenters. The van der Waals surface area contributed by atoms with Crippen molar-refractivity contribution >= 4 is 44.2 Å². The average molecular weight is 479 g/mol. The van der Waals surface area contributed by atoms with E-state index in [-0.39, 0.29) is 23.6 Å². The Morgan fingerprint density at radius 1 is 0.941 bits per heavy atom. The molecule has 0 radical (unpaired) electrons. The van der Waals surface area contributed by atoms with Gasteiger partial charge in [-0.15, -0.1) is 0 Å². The number of sulfonamides is 1. The molecule has 34 heavy (non-hydrogen) atoms. The van der Waals surface area contributed by atoms with E-state index in [2.05, 4.69) is 25.0 Å². The molecule has 0 spiro atoms. The summed E-state index contributed by atoms with van der Waals surface area (Å²) in [7, 11) is -2.46. The first-order valence-electron chi connectivity index (χ1n) is 10.4. The summed E-state index contributed by atoms with van der Waals surface area (Å²) in [5.41, 5.74) is 2.99. The molecule has 0 aliphatic rings. The van der Waals surface area contributed by atoms with Crippen LogP contribution in [-0.4, -0.2) is 37.6 Å². The lowest BCUT2D eigenvalue weighted by Gasteiger charge is -2.09. The lowest BCUT2D eigenvalue weighted by Crippen LogP contribution is -2.13. The second-order valence-corrected chi connectivity index (χ2v) is 9.14. The van der Waals surface area contributed by atoms with Gasteiger partial charge in [0.1, 0.15) is 5.69 Å². The van der Waals surface area contributed by atoms with E-state index < -0.39 is 16.0 Å². The second kappa shape index (κ2) is 9.75. The molecule has 0 aliphatic carbocycles. The number of hydrogen-bond acceptors (Lipinski definition) is 6. The van der Waals surface area contributed by atoms with Crippen molar-refractivity contribution in [1.82, 2.24) is 10.2 Å². The summed E-state index contributed by atoms with van der Waals surface area (Å²) in [5, 5.41) is 10.8. The van der Waals surface area contributed by atoms with Gasteiger partial charge in [0, 0.05) is 28.7 Å². The van der Waals surface area contributed by atoms with Gasteiger partial charge in [0.25, 0.3) is 10.0 Å². The topological polar surface area (TPSA) is 130 Å². The SMILES string of the molecule is COC(=O)CCC(=O)Nc1cccc(-c2n[nH]c3ccc(NS(=O)(=O)c4ccccc4)cc23)c1. The van der Waals surface area contributed by atoms with Gasteiger partial charge in [0.15, 0.2) is 0 Å². The van der Waals surface area contributed by atoms with E-state index in [1.807, 2.05) is 6.07 Å². The molecule has 4 aromatic rings. The van der Waals surface area contributed by atoms with Gasteiger partial charge in [-0.05, 0) is 42.5 Å². The predicted octanol–water partition coefficient (Wildman–Crippen LogP) is 3.92. The number of amides is 1. The van der Waals surface area contributed by atoms with Crippen LogP contribution in [0.5, 0.6) is 0 Å². The normalized spacial score (nSPS) is 11.2. The number of hydrogen-bond donors (Lipinski definition) is 3. The molecule has 0 fully saturated rings. The first-order valence-corrected chi connectivity index (χ1v) is 11.9. The Balaban J connectivity index is 1.58. The molecule has 0 aliphatic heterocycles. The molecule has 3 aromatic carbocycles. The highest BCUT2D eigenvalue weighted by Gasteiger charge is 2.16. The smallest absolute Gasteiger partial charge is 0.306 e. The van der Waals surface area contributed by atoms with Gasteiger partial charge >= 0.3 is 5.97 Å². The molecule has 174 valence electrons. The average Bonchev–Trinajstić information content (AvgIpc) is 3.26. The van der Waals surface area contributed by atoms with Gasteiger partial charge in [0.2, 0.25) is 5.91 Å². The van der Waals surface area contributed by atoms with E-state index in [0.717, 1.165) is 11.1 Å². The fourth-order valence-corrected chi connectivity index (χ4v) is 4.47. The highest BCUT2D eigenvalue weighted by molar-refractivity contribution is 7.92. The van der Waals surface area contributed by atoms with Crippen molar-refractivity contribution in [2.24, 2.45) is 0 Å². The van der Waals surface area contributed by atoms with Crippen LogP contribution in [0.1, 0.15) is 12.8 Å². The van der Waals surface area contributed by atoms with Crippen molar-refractivity contribution in [3.05, 3.63) is 72.8 Å². The van der Waals surface area contributed by atoms with E-state index >= 15 is 0 Å². The Hall–Kier alpha value is -4.18. The maximum Gasteiger partial charge on any atom is 0.306 e. The van der Waals surface area contributed by atoms with E-state index in [0.29, 0.717) is 22.5 Å². The van der Waals surface area contributed by atoms with E-state index in [1.165, 1.54) is 19.2 Å². The highest BCUT2D eigenvalue weighted by atomic mass is 32.2. The summed E-state index contributed by atoms with van der Waals surface area (Å²) in [6.07, 6.45) is 0.000841. The van der Waals surface area contributed by atoms with Crippen molar-refractivity contribution in [3.8, 4) is 11.3 Å². The third kappa shape index (κ3) is 5.24. The zero-order chi connectivity index (χ0) is 24.1. The number of aromatic amines is 1. The molecule has 0 bridgehead atoms. The van der Waals surface area contributed by atoms with Crippen LogP contribution < -0.4 is 10.0 Å². The number of carbonyl (C=O) groups excluding carboxylic acids is 2. The monoisotopic (exact) mass is 478 g/mol. The molecule has 4 rings (SSSR count).